The van der Waals surface area contributed by atoms with Gasteiger partial charge in [-0.1, -0.05) is 19.8 Å². The summed E-state index contributed by atoms with van der Waals surface area (Å²) in [5.41, 5.74) is -0.00241. The molecule has 0 unspecified atom stereocenters. The smallest absolute Gasteiger partial charge is 0.357 e. The number of amides is 2. The minimum Gasteiger partial charge on any atom is -0.464 e. The Bertz CT molecular complexity index is 523. The quantitative estimate of drug-likeness (QED) is 0.609. The first-order valence-electron chi connectivity index (χ1n) is 7.86. The van der Waals surface area contributed by atoms with Crippen LogP contribution in [-0.4, -0.2) is 41.1 Å². The number of hydrogen-bond acceptors (Lipinski definition) is 5. The topological polar surface area (TPSA) is 71.5 Å². The summed E-state index contributed by atoms with van der Waals surface area (Å²) in [6.45, 7) is 9.05. The van der Waals surface area contributed by atoms with Crippen LogP contribution in [0.15, 0.2) is 5.38 Å². The molecular weight excluding hydrogens is 314 g/mol. The maximum atomic E-state index is 12.5. The molecule has 1 heterocycles. The van der Waals surface area contributed by atoms with Crippen LogP contribution in [0.4, 0.5) is 4.79 Å². The summed E-state index contributed by atoms with van der Waals surface area (Å²) < 4.78 is 4.66. The second-order valence-electron chi connectivity index (χ2n) is 6.43. The zero-order valence-electron chi connectivity index (χ0n) is 14.6. The van der Waals surface area contributed by atoms with Crippen molar-refractivity contribution in [1.29, 1.82) is 0 Å². The van der Waals surface area contributed by atoms with E-state index in [4.69, 9.17) is 0 Å². The molecule has 0 aliphatic carbocycles. The van der Waals surface area contributed by atoms with Crippen molar-refractivity contribution in [3.63, 3.8) is 0 Å². The molecule has 0 aliphatic rings. The average Bonchev–Trinajstić information content (AvgIpc) is 2.92. The van der Waals surface area contributed by atoms with Gasteiger partial charge in [0.05, 0.1) is 13.7 Å². The van der Waals surface area contributed by atoms with Crippen LogP contribution in [0.3, 0.4) is 0 Å². The molecule has 0 saturated heterocycles. The first-order valence-corrected chi connectivity index (χ1v) is 8.74. The molecule has 1 rings (SSSR count). The average molecular weight is 341 g/mol. The van der Waals surface area contributed by atoms with E-state index < -0.39 is 5.97 Å². The summed E-state index contributed by atoms with van der Waals surface area (Å²) in [6, 6.07) is -0.108. The zero-order valence-corrected chi connectivity index (χ0v) is 15.5. The second-order valence-corrected chi connectivity index (χ2v) is 7.37. The van der Waals surface area contributed by atoms with E-state index in [0.29, 0.717) is 13.1 Å². The number of nitrogens with zero attached hydrogens (tertiary/aromatic N) is 2. The van der Waals surface area contributed by atoms with Gasteiger partial charge in [0.25, 0.3) is 0 Å². The summed E-state index contributed by atoms with van der Waals surface area (Å²) in [5, 5.41) is 5.37. The SMILES string of the molecule is CCCCCN(Cc1nc(C(=O)OC)cs1)C(=O)NC(C)(C)C. The summed E-state index contributed by atoms with van der Waals surface area (Å²) in [6.07, 6.45) is 3.12. The normalized spacial score (nSPS) is 11.2. The molecular formula is C16H27N3O3S. The fourth-order valence-corrected chi connectivity index (χ4v) is 2.73. The van der Waals surface area contributed by atoms with E-state index in [0.717, 1.165) is 24.3 Å². The first-order chi connectivity index (χ1) is 10.8. The molecule has 0 atom stereocenters. The molecule has 0 radical (unpaired) electrons. The Hall–Kier alpha value is -1.63. The monoisotopic (exact) mass is 341 g/mol. The number of nitrogens with one attached hydrogen (secondary N) is 1. The maximum absolute atomic E-state index is 12.5. The predicted octanol–water partition coefficient (Wildman–Crippen LogP) is 3.43. The molecule has 2 amide bonds. The fourth-order valence-electron chi connectivity index (χ4n) is 1.95. The number of carbonyl (C=O) groups is 2. The van der Waals surface area contributed by atoms with Gasteiger partial charge in [0, 0.05) is 17.5 Å². The Morgan fingerprint density at radius 1 is 1.35 bits per heavy atom. The third kappa shape index (κ3) is 6.99. The Kier molecular flexibility index (Phi) is 7.48. The van der Waals surface area contributed by atoms with Gasteiger partial charge in [-0.3, -0.25) is 0 Å². The number of thiazole rings is 1. The number of rotatable bonds is 7. The molecule has 0 bridgehead atoms. The molecule has 6 nitrogen and oxygen atoms in total. The molecule has 130 valence electrons. The van der Waals surface area contributed by atoms with Gasteiger partial charge in [-0.15, -0.1) is 11.3 Å². The lowest BCUT2D eigenvalue weighted by molar-refractivity contribution is 0.0594. The highest BCUT2D eigenvalue weighted by Crippen LogP contribution is 2.15. The Balaban J connectivity index is 2.77. The van der Waals surface area contributed by atoms with Gasteiger partial charge >= 0.3 is 12.0 Å². The predicted molar refractivity (Wildman–Crippen MR) is 91.7 cm³/mol. The number of ether oxygens (including phenoxy) is 1. The first kappa shape index (κ1) is 19.4. The number of urea groups is 1. The van der Waals surface area contributed by atoms with E-state index >= 15 is 0 Å². The zero-order chi connectivity index (χ0) is 17.5. The summed E-state index contributed by atoms with van der Waals surface area (Å²) in [4.78, 5) is 29.9. The molecule has 0 aliphatic heterocycles. The third-order valence-electron chi connectivity index (χ3n) is 3.07. The maximum Gasteiger partial charge on any atom is 0.357 e. The number of carbonyl (C=O) groups excluding carboxylic acids is 2. The van der Waals surface area contributed by atoms with Crippen LogP contribution in [0.2, 0.25) is 0 Å². The minimum absolute atomic E-state index is 0.108. The van der Waals surface area contributed by atoms with Gasteiger partial charge in [-0.05, 0) is 27.2 Å². The molecule has 1 N–H and O–H groups in total. The van der Waals surface area contributed by atoms with Crippen molar-refractivity contribution in [3.8, 4) is 0 Å². The van der Waals surface area contributed by atoms with Crippen molar-refractivity contribution in [2.75, 3.05) is 13.7 Å². The van der Waals surface area contributed by atoms with Gasteiger partial charge < -0.3 is 15.0 Å². The third-order valence-corrected chi connectivity index (χ3v) is 3.91. The largest absolute Gasteiger partial charge is 0.464 e. The lowest BCUT2D eigenvalue weighted by atomic mass is 10.1. The molecule has 7 heteroatoms. The number of hydrogen-bond donors (Lipinski definition) is 1. The Morgan fingerprint density at radius 3 is 2.61 bits per heavy atom. The standard InChI is InChI=1S/C16H27N3O3S/c1-6-7-8-9-19(15(21)18-16(2,3)4)10-13-17-12(11-23-13)14(20)22-5/h11H,6-10H2,1-5H3,(H,18,21). The van der Waals surface area contributed by atoms with E-state index in [1.54, 1.807) is 10.3 Å². The van der Waals surface area contributed by atoms with Gasteiger partial charge in [0.1, 0.15) is 5.01 Å². The highest BCUT2D eigenvalue weighted by atomic mass is 32.1. The van der Waals surface area contributed by atoms with Crippen LogP contribution in [0.1, 0.15) is 62.5 Å². The fraction of sp³-hybridized carbons (Fsp3) is 0.688. The van der Waals surface area contributed by atoms with Gasteiger partial charge in [-0.2, -0.15) is 0 Å². The van der Waals surface area contributed by atoms with Gasteiger partial charge in [0.2, 0.25) is 0 Å². The molecule has 0 spiro atoms. The summed E-state index contributed by atoms with van der Waals surface area (Å²) in [5.74, 6) is -0.454. The minimum atomic E-state index is -0.454. The number of methoxy groups -OCH3 is 1. The van der Waals surface area contributed by atoms with E-state index in [1.807, 2.05) is 20.8 Å². The summed E-state index contributed by atoms with van der Waals surface area (Å²) in [7, 11) is 1.33. The van der Waals surface area contributed by atoms with E-state index in [9.17, 15) is 9.59 Å². The van der Waals surface area contributed by atoms with E-state index in [2.05, 4.69) is 22.0 Å². The molecule has 1 aromatic heterocycles. The molecule has 23 heavy (non-hydrogen) atoms. The number of esters is 1. The molecule has 0 fully saturated rings. The lowest BCUT2D eigenvalue weighted by Gasteiger charge is -2.28. The highest BCUT2D eigenvalue weighted by molar-refractivity contribution is 7.09. The molecule has 0 aromatic carbocycles. The van der Waals surface area contributed by atoms with Crippen molar-refractivity contribution in [3.05, 3.63) is 16.1 Å². The van der Waals surface area contributed by atoms with Crippen LogP contribution < -0.4 is 5.32 Å². The Labute approximate surface area is 142 Å². The van der Waals surface area contributed by atoms with Crippen LogP contribution in [0.25, 0.3) is 0 Å². The number of aromatic nitrogens is 1. The Morgan fingerprint density at radius 2 is 2.04 bits per heavy atom. The van der Waals surface area contributed by atoms with Crippen LogP contribution in [0, 0.1) is 0 Å². The molecule has 0 saturated carbocycles. The highest BCUT2D eigenvalue weighted by Gasteiger charge is 2.21. The van der Waals surface area contributed by atoms with Crippen LogP contribution in [-0.2, 0) is 11.3 Å². The van der Waals surface area contributed by atoms with E-state index in [1.165, 1.54) is 18.4 Å². The van der Waals surface area contributed by atoms with Crippen molar-refractivity contribution in [2.24, 2.45) is 0 Å². The van der Waals surface area contributed by atoms with Crippen LogP contribution >= 0.6 is 11.3 Å². The number of unbranched alkanes of at least 4 members (excludes halogenated alkanes) is 2. The van der Waals surface area contributed by atoms with E-state index in [-0.39, 0.29) is 17.3 Å². The van der Waals surface area contributed by atoms with Crippen molar-refractivity contribution >= 4 is 23.3 Å². The summed E-state index contributed by atoms with van der Waals surface area (Å²) >= 11 is 1.36. The van der Waals surface area contributed by atoms with Crippen LogP contribution in [0.5, 0.6) is 0 Å². The van der Waals surface area contributed by atoms with Crippen molar-refractivity contribution < 1.29 is 14.3 Å². The molecule has 1 aromatic rings. The van der Waals surface area contributed by atoms with Gasteiger partial charge in [-0.25, -0.2) is 14.6 Å². The van der Waals surface area contributed by atoms with Gasteiger partial charge in [0.15, 0.2) is 5.69 Å². The van der Waals surface area contributed by atoms with Crippen molar-refractivity contribution in [1.82, 2.24) is 15.2 Å². The van der Waals surface area contributed by atoms with Crippen molar-refractivity contribution in [2.45, 2.75) is 59.0 Å². The second kappa shape index (κ2) is 8.86. The lowest BCUT2D eigenvalue weighted by Crippen LogP contribution is -2.48.